The summed E-state index contributed by atoms with van der Waals surface area (Å²) in [4.78, 5) is 27.4. The molecule has 2 aromatic rings. The molecule has 0 spiro atoms. The number of carboxylic acids is 1. The third-order valence-electron chi connectivity index (χ3n) is 2.89. The number of hydrogen-bond acceptors (Lipinski definition) is 3. The normalized spacial score (nSPS) is 11.1. The van der Waals surface area contributed by atoms with Gasteiger partial charge in [0.25, 0.3) is 5.56 Å². The fourth-order valence-electron chi connectivity index (χ4n) is 1.90. The molecule has 2 aromatic heterocycles. The molecule has 0 radical (unpaired) electrons. The first-order chi connectivity index (χ1) is 8.41. The third-order valence-corrected chi connectivity index (χ3v) is 2.89. The predicted molar refractivity (Wildman–Crippen MR) is 68.1 cm³/mol. The second-order valence-corrected chi connectivity index (χ2v) is 4.48. The van der Waals surface area contributed by atoms with Crippen LogP contribution in [0.3, 0.4) is 0 Å². The van der Waals surface area contributed by atoms with E-state index in [-0.39, 0.29) is 17.2 Å². The lowest BCUT2D eigenvalue weighted by Gasteiger charge is -2.11. The number of pyridine rings is 2. The molecule has 2 heterocycles. The van der Waals surface area contributed by atoms with E-state index >= 15 is 0 Å². The van der Waals surface area contributed by atoms with Crippen LogP contribution in [0.25, 0.3) is 10.9 Å². The minimum absolute atomic E-state index is 0.0245. The Bertz CT molecular complexity index is 686. The van der Waals surface area contributed by atoms with Crippen molar-refractivity contribution in [3.63, 3.8) is 0 Å². The number of hydrogen-bond donors (Lipinski definition) is 1. The summed E-state index contributed by atoms with van der Waals surface area (Å²) in [6.45, 7) is 5.41. The first-order valence-corrected chi connectivity index (χ1v) is 5.67. The summed E-state index contributed by atoms with van der Waals surface area (Å²) >= 11 is 0. The number of aromatic nitrogens is 2. The van der Waals surface area contributed by atoms with Gasteiger partial charge in [-0.1, -0.05) is 0 Å². The van der Waals surface area contributed by atoms with Gasteiger partial charge in [0, 0.05) is 12.2 Å². The highest BCUT2D eigenvalue weighted by Gasteiger charge is 2.13. The average molecular weight is 246 g/mol. The quantitative estimate of drug-likeness (QED) is 0.879. The molecular formula is C13H14N2O3. The van der Waals surface area contributed by atoms with Crippen molar-refractivity contribution in [1.29, 1.82) is 0 Å². The summed E-state index contributed by atoms with van der Waals surface area (Å²) in [6.07, 6.45) is 1.68. The van der Waals surface area contributed by atoms with E-state index in [0.29, 0.717) is 16.6 Å². The molecule has 0 fully saturated rings. The van der Waals surface area contributed by atoms with Crippen molar-refractivity contribution in [1.82, 2.24) is 9.55 Å². The highest BCUT2D eigenvalue weighted by atomic mass is 16.4. The lowest BCUT2D eigenvalue weighted by molar-refractivity contribution is 0.0696. The Labute approximate surface area is 104 Å². The molecule has 0 atom stereocenters. The average Bonchev–Trinajstić information content (AvgIpc) is 2.27. The minimum atomic E-state index is -1.07. The summed E-state index contributed by atoms with van der Waals surface area (Å²) in [5.41, 5.74) is 0.801. The number of aryl methyl sites for hydroxylation is 1. The SMILES string of the molecule is Cc1nc2ccn(C(C)C)c(=O)c2cc1C(=O)O. The van der Waals surface area contributed by atoms with Gasteiger partial charge < -0.3 is 9.67 Å². The Morgan fingerprint density at radius 2 is 2.11 bits per heavy atom. The summed E-state index contributed by atoms with van der Waals surface area (Å²) in [5, 5.41) is 9.39. The molecule has 0 aliphatic rings. The van der Waals surface area contributed by atoms with Gasteiger partial charge in [-0.25, -0.2) is 4.79 Å². The van der Waals surface area contributed by atoms with Crippen molar-refractivity contribution < 1.29 is 9.90 Å². The monoisotopic (exact) mass is 246 g/mol. The Kier molecular flexibility index (Phi) is 2.90. The molecule has 5 nitrogen and oxygen atoms in total. The zero-order valence-corrected chi connectivity index (χ0v) is 10.5. The predicted octanol–water partition coefficient (Wildman–Crippen LogP) is 1.98. The van der Waals surface area contributed by atoms with Crippen LogP contribution in [-0.4, -0.2) is 20.6 Å². The lowest BCUT2D eigenvalue weighted by Crippen LogP contribution is -2.22. The number of carboxylic acid groups (broad SMARTS) is 1. The number of nitrogens with zero attached hydrogens (tertiary/aromatic N) is 2. The second kappa shape index (κ2) is 4.25. The van der Waals surface area contributed by atoms with E-state index in [9.17, 15) is 9.59 Å². The van der Waals surface area contributed by atoms with Gasteiger partial charge in [0.05, 0.1) is 22.2 Å². The maximum atomic E-state index is 12.2. The molecule has 0 saturated carbocycles. The molecular weight excluding hydrogens is 232 g/mol. The van der Waals surface area contributed by atoms with Crippen molar-refractivity contribution in [3.8, 4) is 0 Å². The summed E-state index contributed by atoms with van der Waals surface area (Å²) in [5.74, 6) is -1.07. The van der Waals surface area contributed by atoms with Crippen LogP contribution in [0.15, 0.2) is 23.1 Å². The van der Waals surface area contributed by atoms with Crippen molar-refractivity contribution in [2.24, 2.45) is 0 Å². The Morgan fingerprint density at radius 3 is 2.67 bits per heavy atom. The zero-order chi connectivity index (χ0) is 13.4. The number of fused-ring (bicyclic) bond motifs is 1. The lowest BCUT2D eigenvalue weighted by atomic mass is 10.1. The van der Waals surface area contributed by atoms with E-state index in [4.69, 9.17) is 5.11 Å². The van der Waals surface area contributed by atoms with Gasteiger partial charge in [-0.05, 0) is 32.9 Å². The fraction of sp³-hybridized carbons (Fsp3) is 0.308. The highest BCUT2D eigenvalue weighted by molar-refractivity contribution is 5.93. The number of rotatable bonds is 2. The zero-order valence-electron chi connectivity index (χ0n) is 10.5. The smallest absolute Gasteiger partial charge is 0.337 e. The van der Waals surface area contributed by atoms with Crippen LogP contribution in [0.4, 0.5) is 0 Å². The van der Waals surface area contributed by atoms with Gasteiger partial charge in [-0.2, -0.15) is 0 Å². The Morgan fingerprint density at radius 1 is 1.44 bits per heavy atom. The van der Waals surface area contributed by atoms with Gasteiger partial charge in [0.1, 0.15) is 0 Å². The van der Waals surface area contributed by atoms with E-state index < -0.39 is 5.97 Å². The minimum Gasteiger partial charge on any atom is -0.478 e. The summed E-state index contributed by atoms with van der Waals surface area (Å²) in [6, 6.07) is 3.16. The topological polar surface area (TPSA) is 72.2 Å². The molecule has 0 amide bonds. The standard InChI is InChI=1S/C13H14N2O3/c1-7(2)15-5-4-11-10(12(15)16)6-9(13(17)18)8(3)14-11/h4-7H,1-3H3,(H,17,18). The first kappa shape index (κ1) is 12.3. The Balaban J connectivity index is 2.84. The molecule has 0 aromatic carbocycles. The van der Waals surface area contributed by atoms with E-state index in [1.807, 2.05) is 13.8 Å². The van der Waals surface area contributed by atoms with E-state index in [0.717, 1.165) is 0 Å². The molecule has 0 aliphatic carbocycles. The molecule has 2 rings (SSSR count). The molecule has 5 heteroatoms. The second-order valence-electron chi connectivity index (χ2n) is 4.48. The van der Waals surface area contributed by atoms with Crippen LogP contribution in [0.2, 0.25) is 0 Å². The molecule has 0 unspecified atom stereocenters. The summed E-state index contributed by atoms with van der Waals surface area (Å²) in [7, 11) is 0. The van der Waals surface area contributed by atoms with Crippen LogP contribution < -0.4 is 5.56 Å². The third kappa shape index (κ3) is 1.88. The fourth-order valence-corrected chi connectivity index (χ4v) is 1.90. The van der Waals surface area contributed by atoms with Crippen molar-refractivity contribution >= 4 is 16.9 Å². The van der Waals surface area contributed by atoms with Crippen molar-refractivity contribution in [3.05, 3.63) is 39.9 Å². The maximum absolute atomic E-state index is 12.2. The molecule has 0 bridgehead atoms. The number of carbonyl (C=O) groups is 1. The van der Waals surface area contributed by atoms with Crippen LogP contribution in [0.5, 0.6) is 0 Å². The molecule has 0 saturated heterocycles. The van der Waals surface area contributed by atoms with Crippen LogP contribution in [-0.2, 0) is 0 Å². The Hall–Kier alpha value is -2.17. The summed E-state index contributed by atoms with van der Waals surface area (Å²) < 4.78 is 1.56. The van der Waals surface area contributed by atoms with E-state index in [1.54, 1.807) is 23.8 Å². The van der Waals surface area contributed by atoms with Crippen molar-refractivity contribution in [2.45, 2.75) is 26.8 Å². The van der Waals surface area contributed by atoms with Crippen LogP contribution in [0, 0.1) is 6.92 Å². The maximum Gasteiger partial charge on any atom is 0.337 e. The molecule has 0 aliphatic heterocycles. The van der Waals surface area contributed by atoms with Crippen molar-refractivity contribution in [2.75, 3.05) is 0 Å². The molecule has 1 N–H and O–H groups in total. The first-order valence-electron chi connectivity index (χ1n) is 5.67. The van der Waals surface area contributed by atoms with E-state index in [2.05, 4.69) is 4.98 Å². The van der Waals surface area contributed by atoms with Gasteiger partial charge in [-0.15, -0.1) is 0 Å². The van der Waals surface area contributed by atoms with Crippen LogP contribution >= 0.6 is 0 Å². The van der Waals surface area contributed by atoms with Gasteiger partial charge in [0.2, 0.25) is 0 Å². The largest absolute Gasteiger partial charge is 0.478 e. The van der Waals surface area contributed by atoms with Gasteiger partial charge in [0.15, 0.2) is 0 Å². The van der Waals surface area contributed by atoms with E-state index in [1.165, 1.54) is 6.07 Å². The molecule has 94 valence electrons. The van der Waals surface area contributed by atoms with Crippen LogP contribution in [0.1, 0.15) is 35.9 Å². The highest BCUT2D eigenvalue weighted by Crippen LogP contribution is 2.14. The van der Waals surface area contributed by atoms with Gasteiger partial charge >= 0.3 is 5.97 Å². The molecule has 18 heavy (non-hydrogen) atoms. The number of aromatic carboxylic acids is 1. The van der Waals surface area contributed by atoms with Gasteiger partial charge in [-0.3, -0.25) is 9.78 Å².